The van der Waals surface area contributed by atoms with Gasteiger partial charge < -0.3 is 10.0 Å². The molecule has 1 aromatic heterocycles. The van der Waals surface area contributed by atoms with E-state index in [2.05, 4.69) is 30.1 Å². The number of carboxylic acids is 1. The van der Waals surface area contributed by atoms with E-state index in [9.17, 15) is 13.2 Å². The summed E-state index contributed by atoms with van der Waals surface area (Å²) < 4.78 is 31.7. The van der Waals surface area contributed by atoms with Gasteiger partial charge in [-0.1, -0.05) is 18.2 Å². The first-order chi connectivity index (χ1) is 9.62. The number of aromatic nitrogens is 1. The molecule has 1 N–H and O–H groups in total. The number of aryl methyl sites for hydroxylation is 1. The van der Waals surface area contributed by atoms with Gasteiger partial charge in [0.05, 0.1) is 5.52 Å². The van der Waals surface area contributed by atoms with Crippen LogP contribution in [0.15, 0.2) is 30.3 Å². The van der Waals surface area contributed by atoms with Crippen LogP contribution in [-0.2, 0) is 4.79 Å². The quantitative estimate of drug-likeness (QED) is 0.878. The van der Waals surface area contributed by atoms with Crippen LogP contribution >= 0.6 is 0 Å². The Balaban J connectivity index is 0.000000270. The summed E-state index contributed by atoms with van der Waals surface area (Å²) in [4.78, 5) is 15.5. The number of nitrogens with zero attached hydrogens (tertiary/aromatic N) is 2. The molecule has 4 nitrogen and oxygen atoms in total. The number of hydrogen-bond donors (Lipinski definition) is 1. The third-order valence-corrected chi connectivity index (χ3v) is 2.61. The number of fused-ring (bicyclic) bond motifs is 1. The third-order valence-electron chi connectivity index (χ3n) is 2.61. The van der Waals surface area contributed by atoms with Gasteiger partial charge in [-0.25, -0.2) is 9.78 Å². The standard InChI is InChI=1S/C12H14N2.C2HF3O2/c1-9-8-12(14(2)3)13-11-7-5-4-6-10(9)11;3-2(4,5)1(6)7/h4-8H,1-3H3;(H,6,7). The van der Waals surface area contributed by atoms with Crippen LogP contribution in [0.1, 0.15) is 5.56 Å². The number of carbonyl (C=O) groups is 1. The van der Waals surface area contributed by atoms with Crippen LogP contribution in [0.4, 0.5) is 19.0 Å². The maximum absolute atomic E-state index is 10.6. The fourth-order valence-corrected chi connectivity index (χ4v) is 1.56. The average Bonchev–Trinajstić information content (AvgIpc) is 2.38. The lowest BCUT2D eigenvalue weighted by Crippen LogP contribution is -2.21. The maximum Gasteiger partial charge on any atom is 0.490 e. The van der Waals surface area contributed by atoms with E-state index < -0.39 is 12.1 Å². The SMILES string of the molecule is Cc1cc(N(C)C)nc2ccccc12.O=C(O)C(F)(F)F. The van der Waals surface area contributed by atoms with Crippen LogP contribution in [0.2, 0.25) is 0 Å². The molecule has 0 fully saturated rings. The van der Waals surface area contributed by atoms with E-state index in [0.717, 1.165) is 11.3 Å². The molecule has 114 valence electrons. The van der Waals surface area contributed by atoms with Crippen LogP contribution in [0.25, 0.3) is 10.9 Å². The lowest BCUT2D eigenvalue weighted by atomic mass is 10.1. The summed E-state index contributed by atoms with van der Waals surface area (Å²) in [6.07, 6.45) is -5.08. The van der Waals surface area contributed by atoms with E-state index in [0.29, 0.717) is 0 Å². The van der Waals surface area contributed by atoms with Crippen molar-refractivity contribution < 1.29 is 23.1 Å². The lowest BCUT2D eigenvalue weighted by Gasteiger charge is -2.13. The number of halogens is 3. The van der Waals surface area contributed by atoms with Crippen LogP contribution in [0.3, 0.4) is 0 Å². The van der Waals surface area contributed by atoms with E-state index in [4.69, 9.17) is 9.90 Å². The van der Waals surface area contributed by atoms with Gasteiger partial charge in [0.15, 0.2) is 0 Å². The molecule has 0 aliphatic rings. The van der Waals surface area contributed by atoms with Gasteiger partial charge in [0, 0.05) is 19.5 Å². The molecule has 7 heteroatoms. The molecule has 0 atom stereocenters. The van der Waals surface area contributed by atoms with Crippen LogP contribution in [0.5, 0.6) is 0 Å². The second-order valence-corrected chi connectivity index (χ2v) is 4.51. The molecule has 0 radical (unpaired) electrons. The largest absolute Gasteiger partial charge is 0.490 e. The predicted octanol–water partition coefficient (Wildman–Crippen LogP) is 3.24. The summed E-state index contributed by atoms with van der Waals surface area (Å²) in [6, 6.07) is 10.3. The molecule has 21 heavy (non-hydrogen) atoms. The molecule has 0 aliphatic carbocycles. The van der Waals surface area contributed by atoms with Crippen LogP contribution in [0, 0.1) is 6.92 Å². The first-order valence-electron chi connectivity index (χ1n) is 5.96. The smallest absolute Gasteiger partial charge is 0.475 e. The fourth-order valence-electron chi connectivity index (χ4n) is 1.56. The van der Waals surface area contributed by atoms with E-state index in [1.165, 1.54) is 10.9 Å². The summed E-state index contributed by atoms with van der Waals surface area (Å²) in [5.74, 6) is -1.74. The van der Waals surface area contributed by atoms with Gasteiger partial charge in [0.25, 0.3) is 0 Å². The number of rotatable bonds is 1. The number of benzene rings is 1. The van der Waals surface area contributed by atoms with Crippen molar-refractivity contribution in [2.24, 2.45) is 0 Å². The normalized spacial score (nSPS) is 10.8. The molecule has 1 heterocycles. The van der Waals surface area contributed by atoms with Gasteiger partial charge >= 0.3 is 12.1 Å². The monoisotopic (exact) mass is 300 g/mol. The Kier molecular flexibility index (Phi) is 5.12. The van der Waals surface area contributed by atoms with Crippen molar-refractivity contribution in [3.63, 3.8) is 0 Å². The number of aliphatic carboxylic acids is 1. The van der Waals surface area contributed by atoms with E-state index >= 15 is 0 Å². The zero-order chi connectivity index (χ0) is 16.2. The molecule has 0 saturated carbocycles. The summed E-state index contributed by atoms with van der Waals surface area (Å²) in [5, 5.41) is 8.36. The molecule has 0 saturated heterocycles. The Labute approximate surface area is 119 Å². The van der Waals surface area contributed by atoms with Crippen molar-refractivity contribution in [1.82, 2.24) is 4.98 Å². The highest BCUT2D eigenvalue weighted by molar-refractivity contribution is 5.83. The minimum Gasteiger partial charge on any atom is -0.475 e. The van der Waals surface area contributed by atoms with Crippen molar-refractivity contribution >= 4 is 22.7 Å². The summed E-state index contributed by atoms with van der Waals surface area (Å²) in [6.45, 7) is 2.12. The molecule has 0 aliphatic heterocycles. The Morgan fingerprint density at radius 2 is 1.76 bits per heavy atom. The second-order valence-electron chi connectivity index (χ2n) is 4.51. The molecule has 1 aromatic carbocycles. The first kappa shape index (κ1) is 16.7. The number of pyridine rings is 1. The zero-order valence-corrected chi connectivity index (χ0v) is 11.8. The average molecular weight is 300 g/mol. The van der Waals surface area contributed by atoms with Crippen molar-refractivity contribution in [1.29, 1.82) is 0 Å². The van der Waals surface area contributed by atoms with Gasteiger partial charge in [-0.05, 0) is 24.6 Å². The van der Waals surface area contributed by atoms with E-state index in [1.807, 2.05) is 31.1 Å². The summed E-state index contributed by atoms with van der Waals surface area (Å²) in [5.41, 5.74) is 2.34. The topological polar surface area (TPSA) is 53.4 Å². The first-order valence-corrected chi connectivity index (χ1v) is 5.96. The Bertz CT molecular complexity index is 640. The maximum atomic E-state index is 10.6. The number of carboxylic acid groups (broad SMARTS) is 1. The van der Waals surface area contributed by atoms with Gasteiger partial charge in [0.1, 0.15) is 5.82 Å². The van der Waals surface area contributed by atoms with E-state index in [-0.39, 0.29) is 0 Å². The van der Waals surface area contributed by atoms with Crippen molar-refractivity contribution in [3.05, 3.63) is 35.9 Å². The molecule has 2 aromatic rings. The molecular formula is C14H15F3N2O2. The number of para-hydroxylation sites is 1. The zero-order valence-electron chi connectivity index (χ0n) is 11.8. The third kappa shape index (κ3) is 4.62. The second kappa shape index (κ2) is 6.43. The highest BCUT2D eigenvalue weighted by Gasteiger charge is 2.38. The Hall–Kier alpha value is -2.31. The van der Waals surface area contributed by atoms with Gasteiger partial charge in [-0.2, -0.15) is 13.2 Å². The Morgan fingerprint density at radius 3 is 2.24 bits per heavy atom. The predicted molar refractivity (Wildman–Crippen MR) is 74.5 cm³/mol. The van der Waals surface area contributed by atoms with E-state index in [1.54, 1.807) is 0 Å². The van der Waals surface area contributed by atoms with Crippen molar-refractivity contribution in [2.75, 3.05) is 19.0 Å². The van der Waals surface area contributed by atoms with Gasteiger partial charge in [-0.15, -0.1) is 0 Å². The summed E-state index contributed by atoms with van der Waals surface area (Å²) >= 11 is 0. The molecule has 2 rings (SSSR count). The lowest BCUT2D eigenvalue weighted by molar-refractivity contribution is -0.192. The van der Waals surface area contributed by atoms with Gasteiger partial charge in [0.2, 0.25) is 0 Å². The highest BCUT2D eigenvalue weighted by Crippen LogP contribution is 2.20. The van der Waals surface area contributed by atoms with Crippen LogP contribution in [-0.4, -0.2) is 36.3 Å². The molecule has 0 spiro atoms. The molecular weight excluding hydrogens is 285 g/mol. The number of alkyl halides is 3. The fraction of sp³-hybridized carbons (Fsp3) is 0.286. The number of anilines is 1. The molecule has 0 amide bonds. The highest BCUT2D eigenvalue weighted by atomic mass is 19.4. The van der Waals surface area contributed by atoms with Crippen molar-refractivity contribution in [3.8, 4) is 0 Å². The summed E-state index contributed by atoms with van der Waals surface area (Å²) in [7, 11) is 4.02. The molecule has 0 unspecified atom stereocenters. The molecule has 0 bridgehead atoms. The van der Waals surface area contributed by atoms with Crippen molar-refractivity contribution in [2.45, 2.75) is 13.1 Å². The van der Waals surface area contributed by atoms with Gasteiger partial charge in [-0.3, -0.25) is 0 Å². The number of hydrogen-bond acceptors (Lipinski definition) is 3. The Morgan fingerprint density at radius 1 is 1.24 bits per heavy atom. The minimum atomic E-state index is -5.08. The minimum absolute atomic E-state index is 1.02. The van der Waals surface area contributed by atoms with Crippen LogP contribution < -0.4 is 4.90 Å².